The third-order valence-electron chi connectivity index (χ3n) is 2.61. The Balaban J connectivity index is 2.19. The first-order valence-corrected chi connectivity index (χ1v) is 7.43. The van der Waals surface area contributed by atoms with E-state index in [0.717, 1.165) is 10.5 Å². The molecule has 0 unspecified atom stereocenters. The molecule has 2 rings (SSSR count). The molecule has 0 saturated heterocycles. The predicted molar refractivity (Wildman–Crippen MR) is 83.9 cm³/mol. The van der Waals surface area contributed by atoms with Crippen molar-refractivity contribution >= 4 is 45.9 Å². The van der Waals surface area contributed by atoms with E-state index in [4.69, 9.17) is 29.8 Å². The predicted octanol–water partition coefficient (Wildman–Crippen LogP) is 5.56. The zero-order valence-electron chi connectivity index (χ0n) is 10.3. The fourth-order valence-electron chi connectivity index (χ4n) is 1.59. The molecule has 0 aromatic heterocycles. The molecule has 2 aromatic rings. The maximum absolute atomic E-state index is 11.2. The molecule has 0 heterocycles. The van der Waals surface area contributed by atoms with Gasteiger partial charge in [-0.15, -0.1) is 11.8 Å². The SMILES string of the molecule is [C-]#[N+]c1ccc(C(=O)Cl)cc1SCc1ccc(Cl)cc1. The molecular weight excluding hydrogens is 313 g/mol. The fourth-order valence-corrected chi connectivity index (χ4v) is 2.82. The van der Waals surface area contributed by atoms with E-state index in [2.05, 4.69) is 4.85 Å². The van der Waals surface area contributed by atoms with Crippen molar-refractivity contribution in [2.45, 2.75) is 10.6 Å². The Hall–Kier alpha value is -1.47. The van der Waals surface area contributed by atoms with E-state index in [1.807, 2.05) is 24.3 Å². The molecule has 5 heteroatoms. The first-order chi connectivity index (χ1) is 9.60. The third-order valence-corrected chi connectivity index (χ3v) is 4.20. The molecule has 0 N–H and O–H groups in total. The van der Waals surface area contributed by atoms with Crippen molar-refractivity contribution in [2.24, 2.45) is 0 Å². The topological polar surface area (TPSA) is 21.4 Å². The van der Waals surface area contributed by atoms with Gasteiger partial charge in [-0.25, -0.2) is 4.85 Å². The highest BCUT2D eigenvalue weighted by molar-refractivity contribution is 7.98. The van der Waals surface area contributed by atoms with Crippen molar-refractivity contribution in [3.05, 3.63) is 70.0 Å². The summed E-state index contributed by atoms with van der Waals surface area (Å²) in [7, 11) is 0. The summed E-state index contributed by atoms with van der Waals surface area (Å²) < 4.78 is 0. The number of thioether (sulfide) groups is 1. The number of carbonyl (C=O) groups excluding carboxylic acids is 1. The molecule has 0 radical (unpaired) electrons. The summed E-state index contributed by atoms with van der Waals surface area (Å²) in [6, 6.07) is 12.4. The van der Waals surface area contributed by atoms with Gasteiger partial charge in [0.15, 0.2) is 0 Å². The first-order valence-electron chi connectivity index (χ1n) is 5.69. The lowest BCUT2D eigenvalue weighted by molar-refractivity contribution is 0.108. The number of halogens is 2. The van der Waals surface area contributed by atoms with Crippen LogP contribution in [0.4, 0.5) is 5.69 Å². The monoisotopic (exact) mass is 321 g/mol. The van der Waals surface area contributed by atoms with Gasteiger partial charge < -0.3 is 0 Å². The minimum absolute atomic E-state index is 0.401. The Morgan fingerprint density at radius 2 is 1.90 bits per heavy atom. The van der Waals surface area contributed by atoms with Crippen LogP contribution in [0.1, 0.15) is 15.9 Å². The normalized spacial score (nSPS) is 10.1. The fraction of sp³-hybridized carbons (Fsp3) is 0.0667. The van der Waals surface area contributed by atoms with Gasteiger partial charge in [0, 0.05) is 21.2 Å². The highest BCUT2D eigenvalue weighted by Crippen LogP contribution is 2.33. The Morgan fingerprint density at radius 1 is 1.20 bits per heavy atom. The van der Waals surface area contributed by atoms with Gasteiger partial charge in [0.25, 0.3) is 5.24 Å². The summed E-state index contributed by atoms with van der Waals surface area (Å²) in [5, 5.41) is 0.171. The maximum Gasteiger partial charge on any atom is 0.252 e. The summed E-state index contributed by atoms with van der Waals surface area (Å²) in [4.78, 5) is 15.4. The number of carbonyl (C=O) groups is 1. The van der Waals surface area contributed by atoms with Crippen molar-refractivity contribution < 1.29 is 4.79 Å². The molecule has 0 bridgehead atoms. The van der Waals surface area contributed by atoms with Crippen LogP contribution in [-0.2, 0) is 5.75 Å². The van der Waals surface area contributed by atoms with Gasteiger partial charge in [0.1, 0.15) is 0 Å². The smallest absolute Gasteiger partial charge is 0.252 e. The number of hydrogen-bond donors (Lipinski definition) is 0. The van der Waals surface area contributed by atoms with Gasteiger partial charge in [-0.3, -0.25) is 4.79 Å². The van der Waals surface area contributed by atoms with Crippen LogP contribution in [0.3, 0.4) is 0 Å². The summed E-state index contributed by atoms with van der Waals surface area (Å²) in [6.07, 6.45) is 0. The minimum Gasteiger partial charge on any atom is -0.276 e. The van der Waals surface area contributed by atoms with E-state index in [9.17, 15) is 4.79 Å². The second-order valence-corrected chi connectivity index (χ2v) is 5.78. The van der Waals surface area contributed by atoms with E-state index >= 15 is 0 Å². The number of nitrogens with zero attached hydrogens (tertiary/aromatic N) is 1. The standard InChI is InChI=1S/C15H9Cl2NOS/c1-18-13-7-4-11(15(17)19)8-14(13)20-9-10-2-5-12(16)6-3-10/h2-8H,9H2. The molecule has 0 aliphatic rings. The molecule has 0 spiro atoms. The van der Waals surface area contributed by atoms with Crippen LogP contribution >= 0.6 is 35.0 Å². The highest BCUT2D eigenvalue weighted by atomic mass is 35.5. The highest BCUT2D eigenvalue weighted by Gasteiger charge is 2.08. The number of rotatable bonds is 4. The lowest BCUT2D eigenvalue weighted by Gasteiger charge is -2.06. The van der Waals surface area contributed by atoms with E-state index in [0.29, 0.717) is 22.0 Å². The molecule has 0 aliphatic heterocycles. The summed E-state index contributed by atoms with van der Waals surface area (Å²) in [5.74, 6) is 0.694. The molecule has 0 fully saturated rings. The van der Waals surface area contributed by atoms with Crippen molar-refractivity contribution in [2.75, 3.05) is 0 Å². The largest absolute Gasteiger partial charge is 0.276 e. The van der Waals surface area contributed by atoms with Crippen molar-refractivity contribution in [3.63, 3.8) is 0 Å². The van der Waals surface area contributed by atoms with Crippen molar-refractivity contribution in [1.29, 1.82) is 0 Å². The van der Waals surface area contributed by atoms with Crippen LogP contribution in [0.25, 0.3) is 4.85 Å². The Morgan fingerprint density at radius 3 is 2.50 bits per heavy atom. The average Bonchev–Trinajstić information content (AvgIpc) is 2.46. The molecule has 2 aromatic carbocycles. The molecular formula is C15H9Cl2NOS. The van der Waals surface area contributed by atoms with Gasteiger partial charge in [0.05, 0.1) is 6.57 Å². The summed E-state index contributed by atoms with van der Waals surface area (Å²) in [6.45, 7) is 7.15. The molecule has 0 saturated carbocycles. The quantitative estimate of drug-likeness (QED) is 0.417. The van der Waals surface area contributed by atoms with Gasteiger partial charge in [-0.05, 0) is 35.4 Å². The van der Waals surface area contributed by atoms with E-state index in [1.165, 1.54) is 11.8 Å². The van der Waals surface area contributed by atoms with Gasteiger partial charge >= 0.3 is 0 Å². The molecule has 100 valence electrons. The van der Waals surface area contributed by atoms with E-state index in [1.54, 1.807) is 18.2 Å². The second kappa shape index (κ2) is 6.81. The molecule has 0 amide bonds. The molecule has 20 heavy (non-hydrogen) atoms. The lowest BCUT2D eigenvalue weighted by Crippen LogP contribution is -1.89. The Bertz CT molecular complexity index is 677. The number of hydrogen-bond acceptors (Lipinski definition) is 2. The van der Waals surface area contributed by atoms with Gasteiger partial charge in [-0.1, -0.05) is 35.9 Å². The number of benzene rings is 2. The van der Waals surface area contributed by atoms with E-state index in [-0.39, 0.29) is 0 Å². The first kappa shape index (κ1) is 14.9. The Kier molecular flexibility index (Phi) is 5.08. The maximum atomic E-state index is 11.2. The third kappa shape index (κ3) is 3.77. The zero-order chi connectivity index (χ0) is 14.5. The lowest BCUT2D eigenvalue weighted by atomic mass is 10.2. The van der Waals surface area contributed by atoms with Crippen LogP contribution in [0, 0.1) is 6.57 Å². The van der Waals surface area contributed by atoms with Gasteiger partial charge in [-0.2, -0.15) is 0 Å². The summed E-state index contributed by atoms with van der Waals surface area (Å²) in [5.41, 5.74) is 2.02. The van der Waals surface area contributed by atoms with E-state index < -0.39 is 5.24 Å². The zero-order valence-corrected chi connectivity index (χ0v) is 12.6. The van der Waals surface area contributed by atoms with Crippen LogP contribution in [-0.4, -0.2) is 5.24 Å². The van der Waals surface area contributed by atoms with Crippen LogP contribution in [0.5, 0.6) is 0 Å². The Labute approximate surface area is 131 Å². The minimum atomic E-state index is -0.519. The van der Waals surface area contributed by atoms with Crippen LogP contribution in [0.2, 0.25) is 5.02 Å². The average molecular weight is 322 g/mol. The second-order valence-electron chi connectivity index (χ2n) is 3.98. The van der Waals surface area contributed by atoms with Crippen molar-refractivity contribution in [3.8, 4) is 0 Å². The van der Waals surface area contributed by atoms with Crippen molar-refractivity contribution in [1.82, 2.24) is 0 Å². The van der Waals surface area contributed by atoms with Gasteiger partial charge in [0.2, 0.25) is 5.69 Å². The molecule has 0 atom stereocenters. The molecule has 2 nitrogen and oxygen atoms in total. The van der Waals surface area contributed by atoms with Crippen LogP contribution < -0.4 is 0 Å². The summed E-state index contributed by atoms with van der Waals surface area (Å²) >= 11 is 12.8. The van der Waals surface area contributed by atoms with Crippen LogP contribution in [0.15, 0.2) is 47.4 Å². The molecule has 0 aliphatic carbocycles.